The summed E-state index contributed by atoms with van der Waals surface area (Å²) in [5.74, 6) is -0.139. The van der Waals surface area contributed by atoms with Crippen molar-refractivity contribution in [2.24, 2.45) is 0 Å². The smallest absolute Gasteiger partial charge is 0.270 e. The van der Waals surface area contributed by atoms with E-state index >= 15 is 0 Å². The second-order valence-electron chi connectivity index (χ2n) is 4.25. The highest BCUT2D eigenvalue weighted by atomic mass is 35.5. The van der Waals surface area contributed by atoms with Gasteiger partial charge in [0.15, 0.2) is 0 Å². The molecule has 3 nitrogen and oxygen atoms in total. The molecule has 1 N–H and O–H groups in total. The van der Waals surface area contributed by atoms with Crippen LogP contribution in [-0.4, -0.2) is 16.9 Å². The van der Waals surface area contributed by atoms with Crippen LogP contribution in [0.2, 0.25) is 5.02 Å². The number of nitrogens with zero attached hydrogens (tertiary/aromatic N) is 1. The van der Waals surface area contributed by atoms with Crippen molar-refractivity contribution in [1.29, 1.82) is 0 Å². The van der Waals surface area contributed by atoms with Crippen molar-refractivity contribution in [2.45, 2.75) is 18.9 Å². The van der Waals surface area contributed by atoms with Gasteiger partial charge in [-0.05, 0) is 25.0 Å². The topological polar surface area (TPSA) is 42.0 Å². The molecular formula is C13H11ClN2O. The molecule has 0 radical (unpaired) electrons. The molecule has 4 heteroatoms. The third-order valence-corrected chi connectivity index (χ3v) is 3.12. The Hall–Kier alpha value is -1.61. The highest BCUT2D eigenvalue weighted by Gasteiger charge is 2.24. The van der Waals surface area contributed by atoms with Crippen LogP contribution in [0.15, 0.2) is 30.3 Å². The molecular weight excluding hydrogens is 236 g/mol. The molecule has 3 rings (SSSR count). The fourth-order valence-electron chi connectivity index (χ4n) is 1.74. The highest BCUT2D eigenvalue weighted by molar-refractivity contribution is 6.35. The first-order valence-electron chi connectivity index (χ1n) is 5.60. The number of pyridine rings is 1. The number of aromatic nitrogens is 1. The highest BCUT2D eigenvalue weighted by Crippen LogP contribution is 2.24. The molecule has 1 heterocycles. The molecule has 1 aliphatic rings. The molecule has 1 aromatic carbocycles. The van der Waals surface area contributed by atoms with Gasteiger partial charge in [-0.25, -0.2) is 4.98 Å². The van der Waals surface area contributed by atoms with E-state index in [-0.39, 0.29) is 5.91 Å². The third kappa shape index (κ3) is 2.11. The fourth-order valence-corrected chi connectivity index (χ4v) is 2.00. The number of fused-ring (bicyclic) bond motifs is 1. The van der Waals surface area contributed by atoms with Crippen molar-refractivity contribution in [3.05, 3.63) is 41.0 Å². The quantitative estimate of drug-likeness (QED) is 0.885. The van der Waals surface area contributed by atoms with Gasteiger partial charge in [0.1, 0.15) is 5.69 Å². The molecule has 1 amide bonds. The molecule has 0 atom stereocenters. The number of hydrogen-bond acceptors (Lipinski definition) is 2. The van der Waals surface area contributed by atoms with Gasteiger partial charge in [0.25, 0.3) is 5.91 Å². The Morgan fingerprint density at radius 1 is 1.35 bits per heavy atom. The first-order chi connectivity index (χ1) is 8.24. The van der Waals surface area contributed by atoms with Crippen LogP contribution in [0, 0.1) is 0 Å². The second kappa shape index (κ2) is 4.00. The van der Waals surface area contributed by atoms with Crippen molar-refractivity contribution in [1.82, 2.24) is 10.3 Å². The number of para-hydroxylation sites is 1. The summed E-state index contributed by atoms with van der Waals surface area (Å²) in [7, 11) is 0. The summed E-state index contributed by atoms with van der Waals surface area (Å²) in [4.78, 5) is 16.2. The van der Waals surface area contributed by atoms with E-state index in [0.29, 0.717) is 16.8 Å². The Bertz CT molecular complexity index is 593. The van der Waals surface area contributed by atoms with Gasteiger partial charge in [-0.1, -0.05) is 29.8 Å². The molecule has 0 saturated heterocycles. The molecule has 0 aliphatic heterocycles. The monoisotopic (exact) mass is 246 g/mol. The first-order valence-corrected chi connectivity index (χ1v) is 5.98. The predicted octanol–water partition coefficient (Wildman–Crippen LogP) is 2.78. The van der Waals surface area contributed by atoms with Crippen LogP contribution in [0.25, 0.3) is 10.9 Å². The SMILES string of the molecule is O=C(NC1CC1)c1cc(Cl)c2ccccc2n1. The Morgan fingerprint density at radius 3 is 2.88 bits per heavy atom. The predicted molar refractivity (Wildman–Crippen MR) is 67.2 cm³/mol. The molecule has 1 saturated carbocycles. The Balaban J connectivity index is 2.02. The van der Waals surface area contributed by atoms with Crippen LogP contribution in [0.1, 0.15) is 23.3 Å². The molecule has 2 aromatic rings. The second-order valence-corrected chi connectivity index (χ2v) is 4.66. The minimum Gasteiger partial charge on any atom is -0.348 e. The maximum absolute atomic E-state index is 11.9. The summed E-state index contributed by atoms with van der Waals surface area (Å²) in [6.45, 7) is 0. The minimum atomic E-state index is -0.139. The Kier molecular flexibility index (Phi) is 2.48. The van der Waals surface area contributed by atoms with Gasteiger partial charge < -0.3 is 5.32 Å². The maximum Gasteiger partial charge on any atom is 0.270 e. The lowest BCUT2D eigenvalue weighted by molar-refractivity contribution is 0.0946. The van der Waals surface area contributed by atoms with E-state index in [1.165, 1.54) is 0 Å². The zero-order valence-corrected chi connectivity index (χ0v) is 9.87. The van der Waals surface area contributed by atoms with Gasteiger partial charge >= 0.3 is 0 Å². The first kappa shape index (κ1) is 10.5. The van der Waals surface area contributed by atoms with Crippen molar-refractivity contribution >= 4 is 28.4 Å². The van der Waals surface area contributed by atoms with E-state index < -0.39 is 0 Å². The van der Waals surface area contributed by atoms with E-state index in [2.05, 4.69) is 10.3 Å². The van der Waals surface area contributed by atoms with Gasteiger partial charge in [-0.15, -0.1) is 0 Å². The number of nitrogens with one attached hydrogen (secondary N) is 1. The van der Waals surface area contributed by atoms with Crippen LogP contribution in [0.4, 0.5) is 0 Å². The molecule has 1 aliphatic carbocycles. The van der Waals surface area contributed by atoms with Crippen LogP contribution < -0.4 is 5.32 Å². The van der Waals surface area contributed by atoms with Crippen molar-refractivity contribution < 1.29 is 4.79 Å². The number of carbonyl (C=O) groups is 1. The lowest BCUT2D eigenvalue weighted by Gasteiger charge is -2.05. The van der Waals surface area contributed by atoms with E-state index in [1.807, 2.05) is 24.3 Å². The van der Waals surface area contributed by atoms with Crippen LogP contribution >= 0.6 is 11.6 Å². The van der Waals surface area contributed by atoms with E-state index in [9.17, 15) is 4.79 Å². The summed E-state index contributed by atoms with van der Waals surface area (Å²) in [5, 5.41) is 4.34. The van der Waals surface area contributed by atoms with Crippen molar-refractivity contribution in [2.75, 3.05) is 0 Å². The number of rotatable bonds is 2. The zero-order chi connectivity index (χ0) is 11.8. The minimum absolute atomic E-state index is 0.139. The Labute approximate surface area is 104 Å². The number of halogens is 1. The summed E-state index contributed by atoms with van der Waals surface area (Å²) in [6.07, 6.45) is 2.13. The summed E-state index contributed by atoms with van der Waals surface area (Å²) in [6, 6.07) is 9.49. The van der Waals surface area contributed by atoms with Gasteiger partial charge in [0.2, 0.25) is 0 Å². The van der Waals surface area contributed by atoms with Gasteiger partial charge in [0.05, 0.1) is 10.5 Å². The number of hydrogen-bond donors (Lipinski definition) is 1. The number of carbonyl (C=O) groups excluding carboxylic acids is 1. The lowest BCUT2D eigenvalue weighted by Crippen LogP contribution is -2.26. The van der Waals surface area contributed by atoms with Gasteiger partial charge in [-0.2, -0.15) is 0 Å². The van der Waals surface area contributed by atoms with E-state index in [1.54, 1.807) is 6.07 Å². The summed E-state index contributed by atoms with van der Waals surface area (Å²) in [5.41, 5.74) is 1.14. The molecule has 0 bridgehead atoms. The molecule has 1 fully saturated rings. The normalized spacial score (nSPS) is 14.9. The molecule has 0 unspecified atom stereocenters. The molecule has 1 aromatic heterocycles. The lowest BCUT2D eigenvalue weighted by atomic mass is 10.2. The fraction of sp³-hybridized carbons (Fsp3) is 0.231. The van der Waals surface area contributed by atoms with Crippen molar-refractivity contribution in [3.8, 4) is 0 Å². The summed E-state index contributed by atoms with van der Waals surface area (Å²) < 4.78 is 0. The third-order valence-electron chi connectivity index (χ3n) is 2.81. The van der Waals surface area contributed by atoms with Crippen LogP contribution in [0.3, 0.4) is 0 Å². The van der Waals surface area contributed by atoms with E-state index in [0.717, 1.165) is 23.7 Å². The maximum atomic E-state index is 11.9. The van der Waals surface area contributed by atoms with Crippen LogP contribution in [0.5, 0.6) is 0 Å². The van der Waals surface area contributed by atoms with Crippen molar-refractivity contribution in [3.63, 3.8) is 0 Å². The van der Waals surface area contributed by atoms with E-state index in [4.69, 9.17) is 11.6 Å². The average molecular weight is 247 g/mol. The number of benzene rings is 1. The molecule has 0 spiro atoms. The van der Waals surface area contributed by atoms with Crippen LogP contribution in [-0.2, 0) is 0 Å². The van der Waals surface area contributed by atoms with Gasteiger partial charge in [0, 0.05) is 11.4 Å². The average Bonchev–Trinajstić information content (AvgIpc) is 3.13. The zero-order valence-electron chi connectivity index (χ0n) is 9.11. The van der Waals surface area contributed by atoms with Gasteiger partial charge in [-0.3, -0.25) is 4.79 Å². The molecule has 17 heavy (non-hydrogen) atoms. The standard InChI is InChI=1S/C13H11ClN2O/c14-10-7-12(13(17)15-8-5-6-8)16-11-4-2-1-3-9(10)11/h1-4,7-8H,5-6H2,(H,15,17). The summed E-state index contributed by atoms with van der Waals surface area (Å²) >= 11 is 6.14. The molecule has 86 valence electrons. The largest absolute Gasteiger partial charge is 0.348 e. The number of amides is 1. The Morgan fingerprint density at radius 2 is 2.12 bits per heavy atom.